The van der Waals surface area contributed by atoms with Gasteiger partial charge < -0.3 is 0 Å². The van der Waals surface area contributed by atoms with E-state index in [2.05, 4.69) is 200 Å². The van der Waals surface area contributed by atoms with Crippen molar-refractivity contribution in [3.63, 3.8) is 0 Å². The summed E-state index contributed by atoms with van der Waals surface area (Å²) in [5.41, 5.74) is 16.2. The van der Waals surface area contributed by atoms with E-state index in [0.29, 0.717) is 17.5 Å². The molecule has 0 fully saturated rings. The molecule has 1 aliphatic carbocycles. The van der Waals surface area contributed by atoms with Crippen LogP contribution in [0.2, 0.25) is 0 Å². The molecule has 0 saturated heterocycles. The first-order chi connectivity index (χ1) is 30.7. The molecule has 3 nitrogen and oxygen atoms in total. The second-order valence-corrected chi connectivity index (χ2v) is 16.9. The maximum Gasteiger partial charge on any atom is 0.164 e. The molecule has 1 aliphatic rings. The molecule has 1 atom stereocenters. The Labute approximate surface area is 364 Å². The van der Waals surface area contributed by atoms with Crippen molar-refractivity contribution < 1.29 is 0 Å². The minimum absolute atomic E-state index is 0.0409. The average Bonchev–Trinajstić information content (AvgIpc) is 3.91. The van der Waals surface area contributed by atoms with Crippen LogP contribution in [0, 0.1) is 0 Å². The first kappa shape index (κ1) is 36.1. The van der Waals surface area contributed by atoms with E-state index in [0.717, 1.165) is 38.9 Å². The van der Waals surface area contributed by atoms with Gasteiger partial charge >= 0.3 is 0 Å². The van der Waals surface area contributed by atoms with Crippen LogP contribution in [0.25, 0.3) is 98.8 Å². The Morgan fingerprint density at radius 1 is 0.290 bits per heavy atom. The normalized spacial score (nSPS) is 13.0. The first-order valence-electron chi connectivity index (χ1n) is 21.1. The maximum absolute atomic E-state index is 5.44. The van der Waals surface area contributed by atoms with Crippen molar-refractivity contribution in [2.75, 3.05) is 0 Å². The van der Waals surface area contributed by atoms with E-state index in [1.165, 1.54) is 59.1 Å². The van der Waals surface area contributed by atoms with Crippen molar-refractivity contribution in [2.45, 2.75) is 5.92 Å². The Kier molecular flexibility index (Phi) is 8.75. The van der Waals surface area contributed by atoms with Gasteiger partial charge in [-0.2, -0.15) is 0 Å². The van der Waals surface area contributed by atoms with Gasteiger partial charge in [-0.25, -0.2) is 15.0 Å². The number of rotatable bonds is 7. The minimum atomic E-state index is -0.0409. The molecule has 290 valence electrons. The average molecular weight is 808 g/mol. The second kappa shape index (κ2) is 15.0. The Morgan fingerprint density at radius 3 is 1.40 bits per heavy atom. The molecule has 62 heavy (non-hydrogen) atoms. The van der Waals surface area contributed by atoms with E-state index in [9.17, 15) is 0 Å². The molecule has 4 heteroatoms. The SMILES string of the molecule is c1ccc(-c2cc(-c3ccccc3)cc(-c3nc(-c4ccccc4)nc(-c4ccccc4C4c5ccccc5-c5ccc6c(sc7c(-c8ccccc8)cccc76)c54)n3)c2)cc1. The molecule has 2 heterocycles. The van der Waals surface area contributed by atoms with Gasteiger partial charge in [0.2, 0.25) is 0 Å². The predicted molar refractivity (Wildman–Crippen MR) is 258 cm³/mol. The van der Waals surface area contributed by atoms with E-state index >= 15 is 0 Å². The molecule has 1 unspecified atom stereocenters. The van der Waals surface area contributed by atoms with E-state index < -0.39 is 0 Å². The first-order valence-corrected chi connectivity index (χ1v) is 21.9. The molecular formula is C58H37N3S. The Balaban J connectivity index is 1.09. The number of thiophene rings is 1. The number of hydrogen-bond acceptors (Lipinski definition) is 4. The topological polar surface area (TPSA) is 38.7 Å². The van der Waals surface area contributed by atoms with Gasteiger partial charge in [0.15, 0.2) is 17.5 Å². The van der Waals surface area contributed by atoms with Crippen molar-refractivity contribution >= 4 is 31.5 Å². The van der Waals surface area contributed by atoms with Crippen LogP contribution in [0.1, 0.15) is 22.6 Å². The van der Waals surface area contributed by atoms with Crippen LogP contribution in [-0.4, -0.2) is 15.0 Å². The van der Waals surface area contributed by atoms with Gasteiger partial charge in [0.1, 0.15) is 0 Å². The van der Waals surface area contributed by atoms with Crippen molar-refractivity contribution in [1.82, 2.24) is 15.0 Å². The summed E-state index contributed by atoms with van der Waals surface area (Å²) >= 11 is 1.92. The molecule has 2 aromatic heterocycles. The van der Waals surface area contributed by atoms with Gasteiger partial charge in [-0.05, 0) is 79.4 Å². The summed E-state index contributed by atoms with van der Waals surface area (Å²) in [6.45, 7) is 0. The van der Waals surface area contributed by atoms with Crippen LogP contribution < -0.4 is 0 Å². The lowest BCUT2D eigenvalue weighted by atomic mass is 9.85. The molecule has 11 aromatic rings. The monoisotopic (exact) mass is 807 g/mol. The molecule has 0 saturated carbocycles. The predicted octanol–water partition coefficient (Wildman–Crippen LogP) is 15.4. The van der Waals surface area contributed by atoms with Gasteiger partial charge in [0, 0.05) is 42.8 Å². The number of benzene rings is 9. The molecule has 0 spiro atoms. The van der Waals surface area contributed by atoms with Crippen molar-refractivity contribution in [3.8, 4) is 78.7 Å². The lowest BCUT2D eigenvalue weighted by molar-refractivity contribution is 1.01. The maximum atomic E-state index is 5.44. The van der Waals surface area contributed by atoms with Crippen LogP contribution in [0.3, 0.4) is 0 Å². The van der Waals surface area contributed by atoms with E-state index in [1.54, 1.807) is 0 Å². The molecule has 9 aromatic carbocycles. The fourth-order valence-corrected chi connectivity index (χ4v) is 10.8. The standard InChI is InChI=1S/C58H37N3S/c1-5-18-37(19-6-1)41-34-42(38-20-7-2-8-21-38)36-43(35-41)57-59-56(40-24-11-4-12-25-40)60-58(61-57)51-29-16-15-28-47(51)52-46-27-14-13-26-45(46)48-32-33-50-49-31-17-30-44(39-22-9-3-10-23-39)54(49)62-55(50)53(48)52/h1-36,52H. The largest absolute Gasteiger partial charge is 0.208 e. The van der Waals surface area contributed by atoms with Crippen molar-refractivity contribution in [3.05, 3.63) is 235 Å². The van der Waals surface area contributed by atoms with Gasteiger partial charge in [0.05, 0.1) is 0 Å². The van der Waals surface area contributed by atoms with E-state index in [4.69, 9.17) is 15.0 Å². The minimum Gasteiger partial charge on any atom is -0.208 e. The highest BCUT2D eigenvalue weighted by Crippen LogP contribution is 2.55. The molecular weight excluding hydrogens is 771 g/mol. The number of nitrogens with zero attached hydrogens (tertiary/aromatic N) is 3. The summed E-state index contributed by atoms with van der Waals surface area (Å²) < 4.78 is 2.64. The summed E-state index contributed by atoms with van der Waals surface area (Å²) in [6.07, 6.45) is 0. The van der Waals surface area contributed by atoms with Crippen LogP contribution in [0.5, 0.6) is 0 Å². The van der Waals surface area contributed by atoms with Gasteiger partial charge in [-0.3, -0.25) is 0 Å². The Hall–Kier alpha value is -7.79. The molecule has 0 N–H and O–H groups in total. The number of fused-ring (bicyclic) bond motifs is 7. The number of aromatic nitrogens is 3. The molecule has 0 aliphatic heterocycles. The zero-order valence-electron chi connectivity index (χ0n) is 33.6. The third-order valence-electron chi connectivity index (χ3n) is 12.2. The molecule has 12 rings (SSSR count). The third-order valence-corrected chi connectivity index (χ3v) is 13.5. The fourth-order valence-electron chi connectivity index (χ4n) is 9.37. The number of hydrogen-bond donors (Lipinski definition) is 0. The lowest BCUT2D eigenvalue weighted by Gasteiger charge is -2.19. The lowest BCUT2D eigenvalue weighted by Crippen LogP contribution is -2.06. The summed E-state index contributed by atoms with van der Waals surface area (Å²) in [7, 11) is 0. The van der Waals surface area contributed by atoms with Crippen molar-refractivity contribution in [1.29, 1.82) is 0 Å². The fraction of sp³-hybridized carbons (Fsp3) is 0.0172. The molecule has 0 amide bonds. The van der Waals surface area contributed by atoms with Crippen molar-refractivity contribution in [2.24, 2.45) is 0 Å². The van der Waals surface area contributed by atoms with Crippen LogP contribution >= 0.6 is 11.3 Å². The smallest absolute Gasteiger partial charge is 0.164 e. The second-order valence-electron chi connectivity index (χ2n) is 15.9. The van der Waals surface area contributed by atoms with E-state index in [1.807, 2.05) is 29.5 Å². The third kappa shape index (κ3) is 6.15. The quantitative estimate of drug-likeness (QED) is 0.161. The van der Waals surface area contributed by atoms with E-state index in [-0.39, 0.29) is 5.92 Å². The van der Waals surface area contributed by atoms with Gasteiger partial charge in [-0.1, -0.05) is 200 Å². The molecule has 0 radical (unpaired) electrons. The summed E-state index contributed by atoms with van der Waals surface area (Å²) in [6, 6.07) is 77.9. The Bertz CT molecular complexity index is 3390. The zero-order valence-corrected chi connectivity index (χ0v) is 34.4. The van der Waals surface area contributed by atoms with Crippen LogP contribution in [-0.2, 0) is 0 Å². The van der Waals surface area contributed by atoms with Crippen LogP contribution in [0.4, 0.5) is 0 Å². The summed E-state index contributed by atoms with van der Waals surface area (Å²) in [4.78, 5) is 16.0. The summed E-state index contributed by atoms with van der Waals surface area (Å²) in [5.74, 6) is 1.88. The highest BCUT2D eigenvalue weighted by Gasteiger charge is 2.34. The Morgan fingerprint density at radius 2 is 0.758 bits per heavy atom. The van der Waals surface area contributed by atoms with Gasteiger partial charge in [-0.15, -0.1) is 11.3 Å². The van der Waals surface area contributed by atoms with Crippen LogP contribution in [0.15, 0.2) is 218 Å². The van der Waals surface area contributed by atoms with Gasteiger partial charge in [0.25, 0.3) is 0 Å². The molecule has 0 bridgehead atoms. The zero-order chi connectivity index (χ0) is 41.0. The highest BCUT2D eigenvalue weighted by molar-refractivity contribution is 7.26. The highest BCUT2D eigenvalue weighted by atomic mass is 32.1. The summed E-state index contributed by atoms with van der Waals surface area (Å²) in [5, 5.41) is 2.58.